The van der Waals surface area contributed by atoms with Crippen LogP contribution >= 0.6 is 11.3 Å². The Hall–Kier alpha value is -3.18. The molecule has 0 bridgehead atoms. The molecule has 0 saturated carbocycles. The molecule has 0 aliphatic carbocycles. The lowest BCUT2D eigenvalue weighted by Crippen LogP contribution is -2.56. The van der Waals surface area contributed by atoms with Crippen LogP contribution in [0.5, 0.6) is 0 Å². The molecule has 188 valence electrons. The molecule has 36 heavy (non-hydrogen) atoms. The van der Waals surface area contributed by atoms with Crippen LogP contribution in [0.25, 0.3) is 21.1 Å². The Balaban J connectivity index is 1.15. The van der Waals surface area contributed by atoms with Gasteiger partial charge in [0, 0.05) is 53.9 Å². The van der Waals surface area contributed by atoms with Crippen LogP contribution in [-0.4, -0.2) is 58.1 Å². The molecular weight excluding hydrogens is 489 g/mol. The summed E-state index contributed by atoms with van der Waals surface area (Å²) in [5.41, 5.74) is 8.00. The maximum absolute atomic E-state index is 12.9. The SMILES string of the molecule is Cc1nc(N2CCC3(CN(Cc4ccc5cc(C(N)=O)[nH]c5c4)C3)C2)c2cc(CC(F)(F)F)sc2n1. The fourth-order valence-corrected chi connectivity index (χ4v) is 6.74. The number of aromatic nitrogens is 3. The summed E-state index contributed by atoms with van der Waals surface area (Å²) in [6.45, 7) is 6.16. The summed E-state index contributed by atoms with van der Waals surface area (Å²) in [5.74, 6) is 0.853. The third kappa shape index (κ3) is 4.30. The molecule has 0 radical (unpaired) electrons. The monoisotopic (exact) mass is 514 g/mol. The topological polar surface area (TPSA) is 91.1 Å². The summed E-state index contributed by atoms with van der Waals surface area (Å²) >= 11 is 1.10. The summed E-state index contributed by atoms with van der Waals surface area (Å²) in [6, 6.07) is 9.50. The van der Waals surface area contributed by atoms with Crippen molar-refractivity contribution in [3.05, 3.63) is 52.3 Å². The lowest BCUT2D eigenvalue weighted by molar-refractivity contribution is -0.126. The molecule has 11 heteroatoms. The number of nitrogens with two attached hydrogens (primary N) is 1. The van der Waals surface area contributed by atoms with E-state index in [4.69, 9.17) is 5.73 Å². The fraction of sp³-hybridized carbons (Fsp3) is 0.400. The van der Waals surface area contributed by atoms with Gasteiger partial charge in [0.15, 0.2) is 0 Å². The van der Waals surface area contributed by atoms with Crippen LogP contribution in [0.15, 0.2) is 30.3 Å². The highest BCUT2D eigenvalue weighted by atomic mass is 32.1. The van der Waals surface area contributed by atoms with E-state index in [-0.39, 0.29) is 10.3 Å². The van der Waals surface area contributed by atoms with E-state index in [1.807, 2.05) is 6.07 Å². The van der Waals surface area contributed by atoms with Crippen LogP contribution in [0.3, 0.4) is 0 Å². The van der Waals surface area contributed by atoms with Crippen LogP contribution in [0.4, 0.5) is 19.0 Å². The van der Waals surface area contributed by atoms with E-state index in [1.165, 1.54) is 0 Å². The average Bonchev–Trinajstić information content (AvgIpc) is 3.47. The Bertz CT molecular complexity index is 1490. The van der Waals surface area contributed by atoms with Crippen molar-refractivity contribution in [2.24, 2.45) is 11.1 Å². The zero-order valence-electron chi connectivity index (χ0n) is 19.7. The van der Waals surface area contributed by atoms with Crippen molar-refractivity contribution in [1.82, 2.24) is 19.9 Å². The number of thiophene rings is 1. The Morgan fingerprint density at radius 3 is 2.75 bits per heavy atom. The summed E-state index contributed by atoms with van der Waals surface area (Å²) in [6.07, 6.45) is -4.17. The normalized spacial score (nSPS) is 17.9. The van der Waals surface area contributed by atoms with Crippen molar-refractivity contribution in [3.63, 3.8) is 0 Å². The second-order valence-electron chi connectivity index (χ2n) is 10.1. The number of hydrogen-bond donors (Lipinski definition) is 2. The number of benzene rings is 1. The van der Waals surface area contributed by atoms with E-state index in [1.54, 1.807) is 19.1 Å². The van der Waals surface area contributed by atoms with E-state index >= 15 is 0 Å². The molecule has 2 saturated heterocycles. The van der Waals surface area contributed by atoms with E-state index < -0.39 is 18.5 Å². The van der Waals surface area contributed by atoms with Crippen molar-refractivity contribution < 1.29 is 18.0 Å². The minimum Gasteiger partial charge on any atom is -0.364 e. The summed E-state index contributed by atoms with van der Waals surface area (Å²) < 4.78 is 38.8. The molecule has 1 aromatic carbocycles. The van der Waals surface area contributed by atoms with E-state index in [0.717, 1.165) is 72.8 Å². The van der Waals surface area contributed by atoms with Gasteiger partial charge in [0.05, 0.1) is 11.8 Å². The standard InChI is InChI=1S/C25H25F3N6OS/c1-14-30-22(18-8-17(9-25(26,27)28)36-23(18)31-14)34-5-4-24(13-34)11-33(12-24)10-15-2-3-16-7-20(21(29)35)32-19(16)6-15/h2-3,6-8,32H,4-5,9-13H2,1H3,(H2,29,35). The molecule has 1 spiro atoms. The molecule has 4 aromatic rings. The number of fused-ring (bicyclic) bond motifs is 2. The molecule has 7 nitrogen and oxygen atoms in total. The first kappa shape index (κ1) is 23.2. The average molecular weight is 515 g/mol. The largest absolute Gasteiger partial charge is 0.393 e. The lowest BCUT2D eigenvalue weighted by Gasteiger charge is -2.48. The number of nitrogens with zero attached hydrogens (tertiary/aromatic N) is 4. The fourth-order valence-electron chi connectivity index (χ4n) is 5.64. The Labute approximate surface area is 209 Å². The van der Waals surface area contributed by atoms with Gasteiger partial charge in [0.25, 0.3) is 5.91 Å². The van der Waals surface area contributed by atoms with E-state index in [0.29, 0.717) is 21.7 Å². The Kier molecular flexibility index (Phi) is 5.27. The van der Waals surface area contributed by atoms with Gasteiger partial charge in [-0.1, -0.05) is 12.1 Å². The van der Waals surface area contributed by atoms with Gasteiger partial charge < -0.3 is 15.6 Å². The molecule has 2 fully saturated rings. The molecule has 2 aliphatic rings. The number of primary amides is 1. The molecule has 0 atom stereocenters. The number of halogens is 3. The number of carbonyl (C=O) groups excluding carboxylic acids is 1. The number of H-pyrrole nitrogens is 1. The third-order valence-electron chi connectivity index (χ3n) is 7.12. The highest BCUT2D eigenvalue weighted by molar-refractivity contribution is 7.18. The summed E-state index contributed by atoms with van der Waals surface area (Å²) in [7, 11) is 0. The number of carbonyl (C=O) groups is 1. The molecule has 6 rings (SSSR count). The first-order valence-electron chi connectivity index (χ1n) is 11.8. The molecule has 3 aromatic heterocycles. The zero-order valence-corrected chi connectivity index (χ0v) is 20.5. The maximum Gasteiger partial charge on any atom is 0.393 e. The second-order valence-corrected chi connectivity index (χ2v) is 11.2. The van der Waals surface area contributed by atoms with Gasteiger partial charge in [-0.3, -0.25) is 9.69 Å². The smallest absolute Gasteiger partial charge is 0.364 e. The van der Waals surface area contributed by atoms with Gasteiger partial charge in [-0.2, -0.15) is 13.2 Å². The van der Waals surface area contributed by atoms with Crippen LogP contribution in [0, 0.1) is 12.3 Å². The minimum absolute atomic E-state index is 0.158. The van der Waals surface area contributed by atoms with Crippen LogP contribution < -0.4 is 10.6 Å². The summed E-state index contributed by atoms with van der Waals surface area (Å²) in [4.78, 5) is 29.0. The van der Waals surface area contributed by atoms with Gasteiger partial charge in [-0.15, -0.1) is 11.3 Å². The number of aromatic amines is 1. The van der Waals surface area contributed by atoms with Gasteiger partial charge in [0.2, 0.25) is 0 Å². The highest BCUT2D eigenvalue weighted by Crippen LogP contribution is 2.43. The van der Waals surface area contributed by atoms with E-state index in [9.17, 15) is 18.0 Å². The third-order valence-corrected chi connectivity index (χ3v) is 8.15. The number of likely N-dealkylation sites (tertiary alicyclic amines) is 1. The van der Waals surface area contributed by atoms with Gasteiger partial charge in [-0.25, -0.2) is 9.97 Å². The van der Waals surface area contributed by atoms with Gasteiger partial charge in [-0.05, 0) is 37.1 Å². The van der Waals surface area contributed by atoms with Crippen LogP contribution in [0.1, 0.15) is 33.2 Å². The molecular formula is C25H25F3N6OS. The number of nitrogens with one attached hydrogen (secondary N) is 1. The molecule has 5 heterocycles. The molecule has 0 unspecified atom stereocenters. The first-order chi connectivity index (χ1) is 17.1. The minimum atomic E-state index is -4.24. The van der Waals surface area contributed by atoms with Crippen molar-refractivity contribution >= 4 is 44.2 Å². The lowest BCUT2D eigenvalue weighted by atomic mass is 9.79. The van der Waals surface area contributed by atoms with Crippen molar-refractivity contribution in [1.29, 1.82) is 0 Å². The van der Waals surface area contributed by atoms with Gasteiger partial charge in [0.1, 0.15) is 22.2 Å². The number of rotatable bonds is 5. The van der Waals surface area contributed by atoms with Gasteiger partial charge >= 0.3 is 6.18 Å². The molecule has 3 N–H and O–H groups in total. The Morgan fingerprint density at radius 1 is 1.19 bits per heavy atom. The predicted octanol–water partition coefficient (Wildman–Crippen LogP) is 4.40. The predicted molar refractivity (Wildman–Crippen MR) is 133 cm³/mol. The molecule has 1 amide bonds. The number of aryl methyl sites for hydroxylation is 1. The maximum atomic E-state index is 12.9. The molecule has 2 aliphatic heterocycles. The quantitative estimate of drug-likeness (QED) is 0.412. The zero-order chi connectivity index (χ0) is 25.2. The number of amides is 1. The van der Waals surface area contributed by atoms with Crippen LogP contribution in [0.2, 0.25) is 0 Å². The first-order valence-corrected chi connectivity index (χ1v) is 12.6. The summed E-state index contributed by atoms with van der Waals surface area (Å²) in [5, 5.41) is 1.67. The number of anilines is 1. The van der Waals surface area contributed by atoms with Crippen molar-refractivity contribution in [2.75, 3.05) is 31.1 Å². The number of alkyl halides is 3. The number of hydrogen-bond acceptors (Lipinski definition) is 6. The second kappa shape index (κ2) is 8.17. The van der Waals surface area contributed by atoms with Crippen LogP contribution in [-0.2, 0) is 13.0 Å². The van der Waals surface area contributed by atoms with Crippen molar-refractivity contribution in [2.45, 2.75) is 32.5 Å². The highest BCUT2D eigenvalue weighted by Gasteiger charge is 2.48. The van der Waals surface area contributed by atoms with Crippen molar-refractivity contribution in [3.8, 4) is 0 Å². The Morgan fingerprint density at radius 2 is 2.00 bits per heavy atom. The van der Waals surface area contributed by atoms with E-state index in [2.05, 4.69) is 36.9 Å².